The Kier molecular flexibility index (Phi) is 5.74. The van der Waals surface area contributed by atoms with E-state index in [-0.39, 0.29) is 23.4 Å². The number of anilines is 1. The van der Waals surface area contributed by atoms with E-state index in [1.807, 2.05) is 26.0 Å². The Morgan fingerprint density at radius 3 is 2.66 bits per heavy atom. The molecular weight excluding hydrogens is 447 g/mol. The maximum Gasteiger partial charge on any atom is 0.321 e. The molecule has 0 aliphatic heterocycles. The molecule has 5 rings (SSSR count). The number of amides is 2. The van der Waals surface area contributed by atoms with Crippen molar-refractivity contribution < 1.29 is 9.18 Å². The van der Waals surface area contributed by atoms with Crippen molar-refractivity contribution in [3.05, 3.63) is 88.1 Å². The van der Waals surface area contributed by atoms with Crippen molar-refractivity contribution >= 4 is 33.8 Å². The summed E-state index contributed by atoms with van der Waals surface area (Å²) in [6, 6.07) is 17.2. The lowest BCUT2D eigenvalue weighted by molar-refractivity contribution is 0.250. The monoisotopic (exact) mass is 470 g/mol. The van der Waals surface area contributed by atoms with Crippen LogP contribution in [0.1, 0.15) is 25.1 Å². The third kappa shape index (κ3) is 4.61. The number of hydrogen-bond donors (Lipinski definition) is 4. The van der Waals surface area contributed by atoms with Gasteiger partial charge in [0.25, 0.3) is 5.56 Å². The number of carbonyl (C=O) groups excluding carboxylic acids is 1. The molecule has 0 spiro atoms. The second-order valence-corrected chi connectivity index (χ2v) is 8.61. The number of aromatic amines is 2. The molecule has 4 N–H and O–H groups in total. The Balaban J connectivity index is 1.46. The summed E-state index contributed by atoms with van der Waals surface area (Å²) >= 11 is 0. The van der Waals surface area contributed by atoms with Crippen molar-refractivity contribution in [2.75, 3.05) is 5.32 Å². The van der Waals surface area contributed by atoms with Crippen LogP contribution in [0.4, 0.5) is 15.1 Å². The maximum absolute atomic E-state index is 14.8. The van der Waals surface area contributed by atoms with Crippen molar-refractivity contribution in [2.45, 2.75) is 26.3 Å². The molecule has 2 heterocycles. The predicted octanol–water partition coefficient (Wildman–Crippen LogP) is 4.73. The first-order valence-electron chi connectivity index (χ1n) is 11.2. The molecule has 0 radical (unpaired) electrons. The molecule has 0 aliphatic rings. The number of benzene rings is 3. The zero-order valence-corrected chi connectivity index (χ0v) is 19.1. The average molecular weight is 471 g/mol. The molecule has 0 saturated heterocycles. The number of H-pyrrole nitrogens is 2. The molecule has 0 aliphatic carbocycles. The fraction of sp³-hybridized carbons (Fsp3) is 0.154. The van der Waals surface area contributed by atoms with Crippen LogP contribution >= 0.6 is 0 Å². The minimum absolute atomic E-state index is 0.00875. The third-order valence-electron chi connectivity index (χ3n) is 5.62. The van der Waals surface area contributed by atoms with E-state index in [2.05, 4.69) is 30.8 Å². The molecule has 0 bridgehead atoms. The van der Waals surface area contributed by atoms with Gasteiger partial charge in [-0.1, -0.05) is 30.3 Å². The van der Waals surface area contributed by atoms with Crippen LogP contribution in [0.2, 0.25) is 0 Å². The van der Waals surface area contributed by atoms with E-state index in [9.17, 15) is 14.0 Å². The van der Waals surface area contributed by atoms with Gasteiger partial charge in [-0.15, -0.1) is 0 Å². The second-order valence-electron chi connectivity index (χ2n) is 8.61. The lowest BCUT2D eigenvalue weighted by atomic mass is 9.98. The largest absolute Gasteiger partial charge is 0.336 e. The Bertz CT molecular complexity index is 1620. The van der Waals surface area contributed by atoms with E-state index in [4.69, 9.17) is 0 Å². The summed E-state index contributed by atoms with van der Waals surface area (Å²) in [5.41, 5.74) is 3.70. The van der Waals surface area contributed by atoms with Gasteiger partial charge in [0.2, 0.25) is 5.95 Å². The van der Waals surface area contributed by atoms with Gasteiger partial charge in [0.05, 0.1) is 22.1 Å². The molecule has 0 unspecified atom stereocenters. The highest BCUT2D eigenvalue weighted by atomic mass is 19.1. The molecule has 0 fully saturated rings. The second kappa shape index (κ2) is 9.02. The SMILES string of the molecule is CC(C)NC(=O)Nc1nc2cc(-c3cc(Cc4n[nH]c(=O)c5ccccc45)ccc3F)ccc2[nH]1. The summed E-state index contributed by atoms with van der Waals surface area (Å²) in [6.45, 7) is 3.73. The number of rotatable bonds is 5. The number of hydrogen-bond acceptors (Lipinski definition) is 4. The topological polar surface area (TPSA) is 116 Å². The van der Waals surface area contributed by atoms with Gasteiger partial charge in [0.1, 0.15) is 5.82 Å². The standard InChI is InChI=1S/C26H23FN6O2/c1-14(2)28-26(35)31-25-29-21-10-8-16(13-23(21)30-25)19-11-15(7-9-20(19)27)12-22-17-5-3-4-6-18(17)24(34)33-32-22/h3-11,13-14H,12H2,1-2H3,(H,33,34)(H3,28,29,30,31,35). The number of nitrogens with zero attached hydrogens (tertiary/aromatic N) is 2. The van der Waals surface area contributed by atoms with E-state index in [0.29, 0.717) is 45.6 Å². The van der Waals surface area contributed by atoms with Gasteiger partial charge in [-0.3, -0.25) is 10.1 Å². The number of halogens is 1. The molecule has 2 aromatic heterocycles. The number of carbonyl (C=O) groups is 1. The maximum atomic E-state index is 14.8. The highest BCUT2D eigenvalue weighted by Gasteiger charge is 2.13. The lowest BCUT2D eigenvalue weighted by Gasteiger charge is -2.09. The lowest BCUT2D eigenvalue weighted by Crippen LogP contribution is -2.34. The van der Waals surface area contributed by atoms with Crippen LogP contribution in [0.3, 0.4) is 0 Å². The Morgan fingerprint density at radius 1 is 1.06 bits per heavy atom. The first kappa shape index (κ1) is 22.3. The zero-order chi connectivity index (χ0) is 24.5. The normalized spacial score (nSPS) is 11.3. The van der Waals surface area contributed by atoms with Gasteiger partial charge in [-0.25, -0.2) is 19.3 Å². The van der Waals surface area contributed by atoms with Gasteiger partial charge < -0.3 is 10.3 Å². The molecule has 9 heteroatoms. The van der Waals surface area contributed by atoms with Crippen molar-refractivity contribution in [1.82, 2.24) is 25.5 Å². The summed E-state index contributed by atoms with van der Waals surface area (Å²) in [5.74, 6) is -0.0573. The summed E-state index contributed by atoms with van der Waals surface area (Å²) in [7, 11) is 0. The Labute approximate surface area is 199 Å². The van der Waals surface area contributed by atoms with Gasteiger partial charge in [0, 0.05) is 23.4 Å². The first-order valence-corrected chi connectivity index (χ1v) is 11.2. The van der Waals surface area contributed by atoms with E-state index in [1.54, 1.807) is 42.5 Å². The van der Waals surface area contributed by atoms with Crippen LogP contribution in [0.25, 0.3) is 32.9 Å². The summed E-state index contributed by atoms with van der Waals surface area (Å²) in [6.07, 6.45) is 0.425. The number of aromatic nitrogens is 4. The molecule has 5 aromatic rings. The van der Waals surface area contributed by atoms with Crippen LogP contribution < -0.4 is 16.2 Å². The molecule has 0 atom stereocenters. The molecule has 3 aromatic carbocycles. The van der Waals surface area contributed by atoms with E-state index < -0.39 is 0 Å². The number of fused-ring (bicyclic) bond motifs is 2. The number of nitrogens with one attached hydrogen (secondary N) is 4. The van der Waals surface area contributed by atoms with Crippen LogP contribution in [0.5, 0.6) is 0 Å². The Morgan fingerprint density at radius 2 is 1.86 bits per heavy atom. The van der Waals surface area contributed by atoms with Crippen molar-refractivity contribution in [3.63, 3.8) is 0 Å². The number of imidazole rings is 1. The molecule has 35 heavy (non-hydrogen) atoms. The minimum atomic E-state index is -0.363. The molecule has 176 valence electrons. The van der Waals surface area contributed by atoms with Crippen molar-refractivity contribution in [2.24, 2.45) is 0 Å². The predicted molar refractivity (Wildman–Crippen MR) is 134 cm³/mol. The van der Waals surface area contributed by atoms with Gasteiger partial charge >= 0.3 is 6.03 Å². The smallest absolute Gasteiger partial charge is 0.321 e. The van der Waals surface area contributed by atoms with Gasteiger partial charge in [-0.2, -0.15) is 5.10 Å². The van der Waals surface area contributed by atoms with E-state index in [0.717, 1.165) is 10.9 Å². The minimum Gasteiger partial charge on any atom is -0.336 e. The van der Waals surface area contributed by atoms with Crippen molar-refractivity contribution in [1.29, 1.82) is 0 Å². The summed E-state index contributed by atoms with van der Waals surface area (Å²) in [4.78, 5) is 31.5. The fourth-order valence-corrected chi connectivity index (χ4v) is 4.04. The highest BCUT2D eigenvalue weighted by molar-refractivity contribution is 5.91. The van der Waals surface area contributed by atoms with Gasteiger partial charge in [0.15, 0.2) is 0 Å². The highest BCUT2D eigenvalue weighted by Crippen LogP contribution is 2.28. The quantitative estimate of drug-likeness (QED) is 0.297. The van der Waals surface area contributed by atoms with Crippen molar-refractivity contribution in [3.8, 4) is 11.1 Å². The van der Waals surface area contributed by atoms with Crippen LogP contribution in [0, 0.1) is 5.82 Å². The first-order chi connectivity index (χ1) is 16.9. The third-order valence-corrected chi connectivity index (χ3v) is 5.62. The zero-order valence-electron chi connectivity index (χ0n) is 19.1. The van der Waals surface area contributed by atoms with Crippen LogP contribution in [0.15, 0.2) is 65.5 Å². The van der Waals surface area contributed by atoms with E-state index >= 15 is 0 Å². The molecular formula is C26H23FN6O2. The summed E-state index contributed by atoms with van der Waals surface area (Å²) < 4.78 is 14.8. The fourth-order valence-electron chi connectivity index (χ4n) is 4.04. The van der Waals surface area contributed by atoms with Gasteiger partial charge in [-0.05, 0) is 55.3 Å². The van der Waals surface area contributed by atoms with Crippen LogP contribution in [-0.2, 0) is 6.42 Å². The molecule has 8 nitrogen and oxygen atoms in total. The Hall–Kier alpha value is -4.53. The van der Waals surface area contributed by atoms with E-state index in [1.165, 1.54) is 6.07 Å². The summed E-state index contributed by atoms with van der Waals surface area (Å²) in [5, 5.41) is 13.5. The van der Waals surface area contributed by atoms with Crippen LogP contribution in [-0.4, -0.2) is 32.2 Å². The molecule has 2 amide bonds. The average Bonchev–Trinajstić information content (AvgIpc) is 3.23. The number of urea groups is 1. The molecule has 0 saturated carbocycles.